The summed E-state index contributed by atoms with van der Waals surface area (Å²) in [5, 5.41) is 4.26. The highest BCUT2D eigenvalue weighted by atomic mass is 32.2. The monoisotopic (exact) mass is 292 g/mol. The van der Waals surface area contributed by atoms with Gasteiger partial charge in [-0.3, -0.25) is 8.99 Å². The highest BCUT2D eigenvalue weighted by Gasteiger charge is 2.31. The van der Waals surface area contributed by atoms with Gasteiger partial charge in [-0.1, -0.05) is 0 Å². The van der Waals surface area contributed by atoms with Gasteiger partial charge in [0.2, 0.25) is 10.0 Å². The van der Waals surface area contributed by atoms with Crippen molar-refractivity contribution in [2.24, 2.45) is 0 Å². The molecule has 3 rings (SSSR count). The fraction of sp³-hybridized carbons (Fsp3) is 0.308. The molecule has 106 valence electrons. The van der Waals surface area contributed by atoms with Crippen molar-refractivity contribution >= 4 is 21.4 Å². The summed E-state index contributed by atoms with van der Waals surface area (Å²) in [6, 6.07) is 7.19. The van der Waals surface area contributed by atoms with Gasteiger partial charge in [0, 0.05) is 30.2 Å². The largest absolute Gasteiger partial charge is 0.399 e. The molecule has 0 amide bonds. The summed E-state index contributed by atoms with van der Waals surface area (Å²) in [6.07, 6.45) is 5.50. The fourth-order valence-corrected chi connectivity index (χ4v) is 3.63. The molecule has 0 saturated heterocycles. The van der Waals surface area contributed by atoms with Gasteiger partial charge in [0.05, 0.1) is 18.0 Å². The fourth-order valence-electron chi connectivity index (χ4n) is 2.67. The van der Waals surface area contributed by atoms with Crippen molar-refractivity contribution < 1.29 is 8.42 Å². The van der Waals surface area contributed by atoms with E-state index in [1.807, 2.05) is 23.0 Å². The lowest BCUT2D eigenvalue weighted by molar-refractivity contribution is 0.480. The van der Waals surface area contributed by atoms with Crippen LogP contribution < -0.4 is 10.0 Å². The number of benzene rings is 1. The van der Waals surface area contributed by atoms with E-state index in [0.29, 0.717) is 24.3 Å². The molecule has 1 aliphatic heterocycles. The van der Waals surface area contributed by atoms with Crippen LogP contribution in [0.3, 0.4) is 0 Å². The van der Waals surface area contributed by atoms with Gasteiger partial charge < -0.3 is 5.73 Å². The predicted molar refractivity (Wildman–Crippen MR) is 78.0 cm³/mol. The average molecular weight is 292 g/mol. The molecule has 20 heavy (non-hydrogen) atoms. The number of rotatable bonds is 2. The summed E-state index contributed by atoms with van der Waals surface area (Å²) in [4.78, 5) is 0. The first kappa shape index (κ1) is 13.0. The molecule has 2 N–H and O–H groups in total. The van der Waals surface area contributed by atoms with Crippen LogP contribution in [-0.4, -0.2) is 31.0 Å². The van der Waals surface area contributed by atoms with E-state index < -0.39 is 10.0 Å². The summed E-state index contributed by atoms with van der Waals surface area (Å²) in [6.45, 7) is 0.445. The zero-order valence-corrected chi connectivity index (χ0v) is 11.9. The Kier molecular flexibility index (Phi) is 2.93. The lowest BCUT2D eigenvalue weighted by atomic mass is 9.97. The van der Waals surface area contributed by atoms with Gasteiger partial charge in [0.1, 0.15) is 0 Å². The summed E-state index contributed by atoms with van der Waals surface area (Å²) in [5.74, 6) is 0. The zero-order valence-electron chi connectivity index (χ0n) is 11.1. The number of nitrogens with zero attached hydrogens (tertiary/aromatic N) is 3. The Hall–Kier alpha value is -2.02. The quantitative estimate of drug-likeness (QED) is 0.844. The first-order valence-corrected chi connectivity index (χ1v) is 8.18. The van der Waals surface area contributed by atoms with Crippen LogP contribution in [0.25, 0.3) is 0 Å². The topological polar surface area (TPSA) is 81.2 Å². The van der Waals surface area contributed by atoms with Crippen molar-refractivity contribution in [1.29, 1.82) is 0 Å². The standard InChI is InChI=1S/C13H16N4O2S/c1-20(18,19)17-8-5-12(16-7-2-6-15-16)11-9-10(14)3-4-13(11)17/h2-4,6-7,9,12H,5,8,14H2,1H3. The molecule has 1 aromatic heterocycles. The molecule has 0 bridgehead atoms. The maximum absolute atomic E-state index is 11.9. The van der Waals surface area contributed by atoms with Crippen molar-refractivity contribution in [1.82, 2.24) is 9.78 Å². The molecule has 1 unspecified atom stereocenters. The molecular weight excluding hydrogens is 276 g/mol. The molecule has 0 spiro atoms. The van der Waals surface area contributed by atoms with E-state index in [1.54, 1.807) is 18.3 Å². The first-order chi connectivity index (χ1) is 9.47. The maximum Gasteiger partial charge on any atom is 0.232 e. The second-order valence-electron chi connectivity index (χ2n) is 4.94. The summed E-state index contributed by atoms with van der Waals surface area (Å²) >= 11 is 0. The van der Waals surface area contributed by atoms with Gasteiger partial charge >= 0.3 is 0 Å². The van der Waals surface area contributed by atoms with Crippen LogP contribution in [-0.2, 0) is 10.0 Å². The van der Waals surface area contributed by atoms with Gasteiger partial charge in [-0.25, -0.2) is 8.42 Å². The lowest BCUT2D eigenvalue weighted by Crippen LogP contribution is -2.37. The van der Waals surface area contributed by atoms with Gasteiger partial charge in [0.15, 0.2) is 0 Å². The zero-order chi connectivity index (χ0) is 14.3. The highest BCUT2D eigenvalue weighted by Crippen LogP contribution is 2.38. The number of aromatic nitrogens is 2. The Balaban J connectivity index is 2.15. The Labute approximate surface area is 117 Å². The van der Waals surface area contributed by atoms with E-state index in [1.165, 1.54) is 10.6 Å². The van der Waals surface area contributed by atoms with E-state index in [0.717, 1.165) is 5.56 Å². The Morgan fingerprint density at radius 2 is 2.20 bits per heavy atom. The van der Waals surface area contributed by atoms with Crippen LogP contribution in [0, 0.1) is 0 Å². The van der Waals surface area contributed by atoms with Crippen LogP contribution in [0.1, 0.15) is 18.0 Å². The molecule has 1 atom stereocenters. The van der Waals surface area contributed by atoms with Crippen molar-refractivity contribution in [2.45, 2.75) is 12.5 Å². The molecule has 1 aromatic carbocycles. The predicted octanol–water partition coefficient (Wildman–Crippen LogP) is 1.22. The summed E-state index contributed by atoms with van der Waals surface area (Å²) < 4.78 is 27.1. The summed E-state index contributed by atoms with van der Waals surface area (Å²) in [7, 11) is -3.28. The number of nitrogens with two attached hydrogens (primary N) is 1. The van der Waals surface area contributed by atoms with Gasteiger partial charge in [-0.15, -0.1) is 0 Å². The van der Waals surface area contributed by atoms with Crippen LogP contribution in [0.15, 0.2) is 36.7 Å². The number of fused-ring (bicyclic) bond motifs is 1. The molecule has 1 aliphatic rings. The number of anilines is 2. The van der Waals surface area contributed by atoms with E-state index in [4.69, 9.17) is 5.73 Å². The molecular formula is C13H16N4O2S. The molecule has 0 radical (unpaired) electrons. The van der Waals surface area contributed by atoms with E-state index >= 15 is 0 Å². The molecule has 2 heterocycles. The number of hydrogen-bond acceptors (Lipinski definition) is 4. The lowest BCUT2D eigenvalue weighted by Gasteiger charge is -2.34. The van der Waals surface area contributed by atoms with E-state index in [-0.39, 0.29) is 6.04 Å². The van der Waals surface area contributed by atoms with Crippen LogP contribution in [0.4, 0.5) is 11.4 Å². The molecule has 6 nitrogen and oxygen atoms in total. The van der Waals surface area contributed by atoms with E-state index in [2.05, 4.69) is 5.10 Å². The SMILES string of the molecule is CS(=O)(=O)N1CCC(n2cccn2)c2cc(N)ccc21. The maximum atomic E-state index is 11.9. The third-order valence-electron chi connectivity index (χ3n) is 3.53. The minimum atomic E-state index is -3.28. The second-order valence-corrected chi connectivity index (χ2v) is 6.85. The minimum Gasteiger partial charge on any atom is -0.399 e. The van der Waals surface area contributed by atoms with Crippen molar-refractivity contribution in [3.63, 3.8) is 0 Å². The molecule has 2 aromatic rings. The van der Waals surface area contributed by atoms with Gasteiger partial charge in [-0.05, 0) is 30.7 Å². The van der Waals surface area contributed by atoms with E-state index in [9.17, 15) is 8.42 Å². The molecule has 0 saturated carbocycles. The third-order valence-corrected chi connectivity index (χ3v) is 4.71. The van der Waals surface area contributed by atoms with Crippen LogP contribution in [0.5, 0.6) is 0 Å². The van der Waals surface area contributed by atoms with Crippen LogP contribution in [0.2, 0.25) is 0 Å². The Morgan fingerprint density at radius 1 is 1.40 bits per heavy atom. The van der Waals surface area contributed by atoms with Crippen molar-refractivity contribution in [2.75, 3.05) is 22.8 Å². The minimum absolute atomic E-state index is 0.0153. The molecule has 7 heteroatoms. The van der Waals surface area contributed by atoms with Gasteiger partial charge in [0.25, 0.3) is 0 Å². The summed E-state index contributed by atoms with van der Waals surface area (Å²) in [5.41, 5.74) is 8.06. The Bertz CT molecular complexity index is 725. The van der Waals surface area contributed by atoms with Gasteiger partial charge in [-0.2, -0.15) is 5.10 Å². The second kappa shape index (κ2) is 4.52. The van der Waals surface area contributed by atoms with Crippen molar-refractivity contribution in [3.8, 4) is 0 Å². The normalized spacial score (nSPS) is 18.9. The molecule has 0 aliphatic carbocycles. The highest BCUT2D eigenvalue weighted by molar-refractivity contribution is 7.92. The van der Waals surface area contributed by atoms with Crippen molar-refractivity contribution in [3.05, 3.63) is 42.2 Å². The smallest absolute Gasteiger partial charge is 0.232 e. The molecule has 0 fully saturated rings. The third kappa shape index (κ3) is 2.14. The number of hydrogen-bond donors (Lipinski definition) is 1. The van der Waals surface area contributed by atoms with Crippen LogP contribution >= 0.6 is 0 Å². The average Bonchev–Trinajstić information content (AvgIpc) is 2.89. The first-order valence-electron chi connectivity index (χ1n) is 6.33. The number of sulfonamides is 1. The number of nitrogen functional groups attached to an aromatic ring is 1. The Morgan fingerprint density at radius 3 is 2.85 bits per heavy atom.